The van der Waals surface area contributed by atoms with Gasteiger partial charge in [-0.2, -0.15) is 0 Å². The molecule has 0 aliphatic carbocycles. The molecule has 3 rings (SSSR count). The predicted octanol–water partition coefficient (Wildman–Crippen LogP) is 11.5. The van der Waals surface area contributed by atoms with Crippen LogP contribution >= 0.6 is 0 Å². The Morgan fingerprint density at radius 1 is 0.524 bits per heavy atom. The molecule has 0 aliphatic rings. The van der Waals surface area contributed by atoms with Gasteiger partial charge in [0.2, 0.25) is 0 Å². The standard InChI is InChI=1S/C38H54N4/c1-21(2)29-17-31(23(5)6)36(32(18-29)24(7)8)40-27(13)35-15-16-39-38(42-35)28(14)41-37-33(25(9)10)19-30(22(3)4)20-34(37)26(11)12/h15-26H,1-14H3/b40-27+,41-28+. The van der Waals surface area contributed by atoms with Gasteiger partial charge in [0.25, 0.3) is 0 Å². The van der Waals surface area contributed by atoms with Gasteiger partial charge < -0.3 is 0 Å². The van der Waals surface area contributed by atoms with Crippen LogP contribution in [0.2, 0.25) is 0 Å². The Balaban J connectivity index is 2.15. The Labute approximate surface area is 256 Å². The average molecular weight is 567 g/mol. The normalized spacial score (nSPS) is 13.1. The van der Waals surface area contributed by atoms with Crippen molar-refractivity contribution >= 4 is 22.8 Å². The number of rotatable bonds is 10. The average Bonchev–Trinajstić information content (AvgIpc) is 2.92. The van der Waals surface area contributed by atoms with Gasteiger partial charge in [0, 0.05) is 6.20 Å². The fraction of sp³-hybridized carbons (Fsp3) is 0.526. The van der Waals surface area contributed by atoms with E-state index in [1.165, 1.54) is 33.4 Å². The van der Waals surface area contributed by atoms with Crippen LogP contribution in [0.4, 0.5) is 11.4 Å². The van der Waals surface area contributed by atoms with Gasteiger partial charge in [-0.15, -0.1) is 0 Å². The van der Waals surface area contributed by atoms with Crippen molar-refractivity contribution in [2.75, 3.05) is 0 Å². The number of hydrogen-bond donors (Lipinski definition) is 0. The van der Waals surface area contributed by atoms with E-state index in [0.717, 1.165) is 28.5 Å². The van der Waals surface area contributed by atoms with Crippen molar-refractivity contribution in [2.45, 2.75) is 132 Å². The van der Waals surface area contributed by atoms with Crippen molar-refractivity contribution < 1.29 is 0 Å². The molecule has 4 nitrogen and oxygen atoms in total. The first kappa shape index (κ1) is 33.4. The van der Waals surface area contributed by atoms with Crippen molar-refractivity contribution in [1.82, 2.24) is 9.97 Å². The van der Waals surface area contributed by atoms with Crippen molar-refractivity contribution in [3.8, 4) is 0 Å². The molecule has 0 radical (unpaired) electrons. The molecular formula is C38H54N4. The second-order valence-electron chi connectivity index (χ2n) is 13.7. The summed E-state index contributed by atoms with van der Waals surface area (Å²) in [6.07, 6.45) is 1.83. The van der Waals surface area contributed by atoms with E-state index < -0.39 is 0 Å². The molecule has 0 spiro atoms. The van der Waals surface area contributed by atoms with Gasteiger partial charge in [0.1, 0.15) is 0 Å². The van der Waals surface area contributed by atoms with E-state index in [0.29, 0.717) is 41.3 Å². The van der Waals surface area contributed by atoms with Crippen LogP contribution in [0.15, 0.2) is 46.5 Å². The summed E-state index contributed by atoms with van der Waals surface area (Å²) in [4.78, 5) is 20.1. The first-order chi connectivity index (χ1) is 19.6. The van der Waals surface area contributed by atoms with E-state index in [9.17, 15) is 0 Å². The first-order valence-corrected chi connectivity index (χ1v) is 15.9. The third kappa shape index (κ3) is 7.62. The van der Waals surface area contributed by atoms with Gasteiger partial charge in [-0.3, -0.25) is 4.99 Å². The zero-order valence-electron chi connectivity index (χ0n) is 28.7. The molecule has 0 saturated heterocycles. The van der Waals surface area contributed by atoms with E-state index >= 15 is 0 Å². The first-order valence-electron chi connectivity index (χ1n) is 15.9. The summed E-state index contributed by atoms with van der Waals surface area (Å²) < 4.78 is 0. The van der Waals surface area contributed by atoms with Crippen molar-refractivity contribution in [1.29, 1.82) is 0 Å². The van der Waals surface area contributed by atoms with Gasteiger partial charge in [-0.1, -0.05) is 107 Å². The summed E-state index contributed by atoms with van der Waals surface area (Å²) in [7, 11) is 0. The highest BCUT2D eigenvalue weighted by molar-refractivity contribution is 6.01. The highest BCUT2D eigenvalue weighted by Crippen LogP contribution is 2.39. The lowest BCUT2D eigenvalue weighted by molar-refractivity contribution is 0.805. The lowest BCUT2D eigenvalue weighted by Crippen LogP contribution is -2.09. The minimum absolute atomic E-state index is 0.363. The van der Waals surface area contributed by atoms with Crippen LogP contribution < -0.4 is 0 Å². The fourth-order valence-corrected chi connectivity index (χ4v) is 5.27. The minimum atomic E-state index is 0.363. The van der Waals surface area contributed by atoms with Crippen molar-refractivity contribution in [3.63, 3.8) is 0 Å². The maximum absolute atomic E-state index is 5.24. The monoisotopic (exact) mass is 566 g/mol. The molecule has 0 amide bonds. The highest BCUT2D eigenvalue weighted by atomic mass is 14.9. The third-order valence-corrected chi connectivity index (χ3v) is 8.11. The lowest BCUT2D eigenvalue weighted by Gasteiger charge is -2.21. The number of aromatic nitrogens is 2. The van der Waals surface area contributed by atoms with Gasteiger partial charge in [0.05, 0.1) is 28.5 Å². The summed E-state index contributed by atoms with van der Waals surface area (Å²) in [5, 5.41) is 0. The number of nitrogens with zero attached hydrogens (tertiary/aromatic N) is 4. The van der Waals surface area contributed by atoms with Crippen LogP contribution in [0.25, 0.3) is 0 Å². The van der Waals surface area contributed by atoms with E-state index in [4.69, 9.17) is 15.0 Å². The third-order valence-electron chi connectivity index (χ3n) is 8.11. The maximum Gasteiger partial charge on any atom is 0.174 e. The second-order valence-corrected chi connectivity index (χ2v) is 13.7. The van der Waals surface area contributed by atoms with E-state index in [1.807, 2.05) is 19.2 Å². The Kier molecular flexibility index (Phi) is 11.0. The molecule has 0 bridgehead atoms. The molecule has 0 fully saturated rings. The van der Waals surface area contributed by atoms with E-state index in [2.05, 4.69) is 119 Å². The van der Waals surface area contributed by atoms with E-state index in [-0.39, 0.29) is 0 Å². The lowest BCUT2D eigenvalue weighted by atomic mass is 9.87. The Hall–Kier alpha value is -3.14. The van der Waals surface area contributed by atoms with Gasteiger partial charge in [-0.25, -0.2) is 15.0 Å². The molecule has 0 saturated carbocycles. The number of benzene rings is 2. The molecule has 1 aromatic heterocycles. The molecule has 226 valence electrons. The zero-order chi connectivity index (χ0) is 31.5. The van der Waals surface area contributed by atoms with Gasteiger partial charge >= 0.3 is 0 Å². The second kappa shape index (κ2) is 13.9. The molecule has 2 aromatic carbocycles. The summed E-state index contributed by atoms with van der Waals surface area (Å²) >= 11 is 0. The molecular weight excluding hydrogens is 512 g/mol. The quantitative estimate of drug-likeness (QED) is 0.229. The van der Waals surface area contributed by atoms with Crippen LogP contribution in [0.3, 0.4) is 0 Å². The fourth-order valence-electron chi connectivity index (χ4n) is 5.27. The Morgan fingerprint density at radius 3 is 1.21 bits per heavy atom. The molecule has 0 aliphatic heterocycles. The predicted molar refractivity (Wildman–Crippen MR) is 183 cm³/mol. The number of aliphatic imine (C=N–C) groups is 2. The van der Waals surface area contributed by atoms with Crippen LogP contribution in [0.1, 0.15) is 177 Å². The topological polar surface area (TPSA) is 50.5 Å². The van der Waals surface area contributed by atoms with Gasteiger partial charge in [-0.05, 0) is 88.8 Å². The summed E-state index contributed by atoms with van der Waals surface area (Å²) in [6, 6.07) is 11.3. The summed E-state index contributed by atoms with van der Waals surface area (Å²) in [5.41, 5.74) is 12.6. The molecule has 42 heavy (non-hydrogen) atoms. The molecule has 0 atom stereocenters. The SMILES string of the molecule is C/C(=N\c1c(C(C)C)cc(C(C)C)cc1C(C)C)c1ccnc(/C(C)=N/c2c(C(C)C)cc(C(C)C)cc2C(C)C)n1. The van der Waals surface area contributed by atoms with Crippen molar-refractivity contribution in [2.24, 2.45) is 9.98 Å². The van der Waals surface area contributed by atoms with Crippen LogP contribution in [0, 0.1) is 0 Å². The number of hydrogen-bond acceptors (Lipinski definition) is 4. The largest absolute Gasteiger partial charge is 0.251 e. The van der Waals surface area contributed by atoms with E-state index in [1.54, 1.807) is 0 Å². The van der Waals surface area contributed by atoms with Crippen LogP contribution in [-0.4, -0.2) is 21.4 Å². The minimum Gasteiger partial charge on any atom is -0.251 e. The Morgan fingerprint density at radius 2 is 0.881 bits per heavy atom. The molecule has 4 heteroatoms. The van der Waals surface area contributed by atoms with Crippen LogP contribution in [-0.2, 0) is 0 Å². The Bertz CT molecular complexity index is 1290. The smallest absolute Gasteiger partial charge is 0.174 e. The zero-order valence-corrected chi connectivity index (χ0v) is 28.7. The molecule has 3 aromatic rings. The van der Waals surface area contributed by atoms with Crippen LogP contribution in [0.5, 0.6) is 0 Å². The van der Waals surface area contributed by atoms with Gasteiger partial charge in [0.15, 0.2) is 5.82 Å². The summed E-state index contributed by atoms with van der Waals surface area (Å²) in [6.45, 7) is 31.1. The molecule has 0 unspecified atom stereocenters. The van der Waals surface area contributed by atoms with Crippen molar-refractivity contribution in [3.05, 3.63) is 81.4 Å². The molecule has 1 heterocycles. The molecule has 0 N–H and O–H groups in total. The highest BCUT2D eigenvalue weighted by Gasteiger charge is 2.20. The summed E-state index contributed by atoms with van der Waals surface area (Å²) in [5.74, 6) is 3.05. The maximum atomic E-state index is 5.24.